The Morgan fingerprint density at radius 3 is 2.31 bits per heavy atom. The first-order valence-electron chi connectivity index (χ1n) is 7.32. The normalized spacial score (nSPS) is 12.2. The molecule has 2 amide bonds. The third-order valence-electron chi connectivity index (χ3n) is 3.07. The third-order valence-corrected chi connectivity index (χ3v) is 3.92. The molecular formula is C17H14Cl4N2O3. The zero-order chi connectivity index (χ0) is 19.3. The van der Waals surface area contributed by atoms with Gasteiger partial charge in [-0.05, 0) is 36.4 Å². The molecule has 138 valence electrons. The van der Waals surface area contributed by atoms with Crippen LogP contribution < -0.4 is 15.4 Å². The summed E-state index contributed by atoms with van der Waals surface area (Å²) in [6.07, 6.45) is -1.27. The summed E-state index contributed by atoms with van der Waals surface area (Å²) in [5.41, 5.74) is 0.825. The first-order valence-corrected chi connectivity index (χ1v) is 8.84. The van der Waals surface area contributed by atoms with Crippen LogP contribution in [0.1, 0.15) is 17.3 Å². The molecule has 0 saturated carbocycles. The molecule has 0 fully saturated rings. The van der Waals surface area contributed by atoms with Gasteiger partial charge in [-0.1, -0.05) is 52.5 Å². The molecule has 2 aromatic rings. The van der Waals surface area contributed by atoms with Crippen molar-refractivity contribution in [3.05, 3.63) is 59.1 Å². The first-order chi connectivity index (χ1) is 12.1. The Balaban J connectivity index is 2.16. The van der Waals surface area contributed by atoms with Crippen LogP contribution in [0.3, 0.4) is 0 Å². The molecule has 5 nitrogen and oxygen atoms in total. The highest BCUT2D eigenvalue weighted by molar-refractivity contribution is 6.68. The molecule has 0 heterocycles. The maximum absolute atomic E-state index is 12.3. The summed E-state index contributed by atoms with van der Waals surface area (Å²) < 4.78 is 3.67. The monoisotopic (exact) mass is 434 g/mol. The van der Waals surface area contributed by atoms with Crippen LogP contribution in [-0.2, 0) is 4.79 Å². The number of benzene rings is 2. The smallest absolute Gasteiger partial charge is 0.254 e. The van der Waals surface area contributed by atoms with E-state index in [0.717, 1.165) is 0 Å². The second-order valence-electron chi connectivity index (χ2n) is 5.23. The number of hydrogen-bond acceptors (Lipinski definition) is 3. The van der Waals surface area contributed by atoms with Crippen molar-refractivity contribution in [3.8, 4) is 5.75 Å². The van der Waals surface area contributed by atoms with Crippen molar-refractivity contribution in [1.29, 1.82) is 0 Å². The van der Waals surface area contributed by atoms with E-state index in [-0.39, 0.29) is 5.91 Å². The number of carbonyl (C=O) groups is 2. The summed E-state index contributed by atoms with van der Waals surface area (Å²) in [4.78, 5) is 23.5. The number of amides is 2. The van der Waals surface area contributed by atoms with Gasteiger partial charge in [0.2, 0.25) is 15.9 Å². The number of hydrogen-bond donors (Lipinski definition) is 2. The number of nitrogens with one attached hydrogen (secondary N) is 2. The van der Waals surface area contributed by atoms with Gasteiger partial charge in [0.15, 0.2) is 0 Å². The van der Waals surface area contributed by atoms with Gasteiger partial charge in [0.05, 0.1) is 0 Å². The molecule has 9 heteroatoms. The van der Waals surface area contributed by atoms with E-state index in [1.807, 2.05) is 0 Å². The van der Waals surface area contributed by atoms with E-state index in [2.05, 4.69) is 10.6 Å². The van der Waals surface area contributed by atoms with Gasteiger partial charge in [-0.2, -0.15) is 0 Å². The molecule has 1 unspecified atom stereocenters. The largest absolute Gasteiger partial charge is 0.466 e. The Bertz CT molecular complexity index is 791. The standard InChI is InChI=1S/C17H14Cl4N2O3/c1-10(24)22-13-3-2-4-14(9-13)26-16(17(19,20)21)23-15(25)11-5-7-12(18)8-6-11/h2-9,16H,1H3,(H,22,24)(H,23,25). The van der Waals surface area contributed by atoms with Crippen molar-refractivity contribution >= 4 is 63.9 Å². The van der Waals surface area contributed by atoms with Gasteiger partial charge >= 0.3 is 0 Å². The van der Waals surface area contributed by atoms with E-state index in [9.17, 15) is 9.59 Å². The molecule has 1 atom stereocenters. The van der Waals surface area contributed by atoms with Crippen molar-refractivity contribution in [2.45, 2.75) is 16.9 Å². The molecule has 0 spiro atoms. The Morgan fingerprint density at radius 2 is 1.73 bits per heavy atom. The zero-order valence-electron chi connectivity index (χ0n) is 13.4. The highest BCUT2D eigenvalue weighted by atomic mass is 35.6. The van der Waals surface area contributed by atoms with E-state index in [0.29, 0.717) is 22.0 Å². The van der Waals surface area contributed by atoms with Gasteiger partial charge in [-0.15, -0.1) is 0 Å². The lowest BCUT2D eigenvalue weighted by molar-refractivity contribution is -0.114. The molecule has 2 N–H and O–H groups in total. The Hall–Kier alpha value is -1.66. The molecule has 26 heavy (non-hydrogen) atoms. The van der Waals surface area contributed by atoms with Crippen molar-refractivity contribution < 1.29 is 14.3 Å². The average molecular weight is 436 g/mol. The van der Waals surface area contributed by atoms with E-state index < -0.39 is 15.9 Å². The molecule has 0 aliphatic rings. The molecule has 2 aromatic carbocycles. The lowest BCUT2D eigenvalue weighted by Gasteiger charge is -2.26. The minimum atomic E-state index is -1.94. The lowest BCUT2D eigenvalue weighted by atomic mass is 10.2. The molecule has 2 rings (SSSR count). The maximum atomic E-state index is 12.3. The van der Waals surface area contributed by atoms with Crippen molar-refractivity contribution in [2.75, 3.05) is 5.32 Å². The highest BCUT2D eigenvalue weighted by Crippen LogP contribution is 2.32. The van der Waals surface area contributed by atoms with E-state index in [1.54, 1.807) is 36.4 Å². The summed E-state index contributed by atoms with van der Waals surface area (Å²) in [7, 11) is 0. The summed E-state index contributed by atoms with van der Waals surface area (Å²) in [5.74, 6) is -0.448. The highest BCUT2D eigenvalue weighted by Gasteiger charge is 2.36. The number of ether oxygens (including phenoxy) is 1. The number of carbonyl (C=O) groups excluding carboxylic acids is 2. The van der Waals surface area contributed by atoms with Gasteiger partial charge in [-0.25, -0.2) is 0 Å². The fourth-order valence-corrected chi connectivity index (χ4v) is 2.39. The molecule has 0 saturated heterocycles. The second-order valence-corrected chi connectivity index (χ2v) is 8.03. The molecular weight excluding hydrogens is 422 g/mol. The quantitative estimate of drug-likeness (QED) is 0.523. The predicted molar refractivity (Wildman–Crippen MR) is 104 cm³/mol. The third kappa shape index (κ3) is 6.25. The number of halogens is 4. The number of rotatable bonds is 5. The van der Waals surface area contributed by atoms with Crippen LogP contribution in [0.2, 0.25) is 5.02 Å². The fourth-order valence-electron chi connectivity index (χ4n) is 1.97. The minimum Gasteiger partial charge on any atom is -0.466 e. The Labute approximate surface area is 170 Å². The topological polar surface area (TPSA) is 67.4 Å². The molecule has 0 aliphatic heterocycles. The molecule has 0 aliphatic carbocycles. The average Bonchev–Trinajstić information content (AvgIpc) is 2.53. The zero-order valence-corrected chi connectivity index (χ0v) is 16.5. The lowest BCUT2D eigenvalue weighted by Crippen LogP contribution is -2.47. The predicted octanol–water partition coefficient (Wildman–Crippen LogP) is 4.80. The van der Waals surface area contributed by atoms with Crippen molar-refractivity contribution in [3.63, 3.8) is 0 Å². The minimum absolute atomic E-state index is 0.240. The SMILES string of the molecule is CC(=O)Nc1cccc(OC(NC(=O)c2ccc(Cl)cc2)C(Cl)(Cl)Cl)c1. The number of alkyl halides is 3. The molecule has 0 bridgehead atoms. The molecule has 0 aromatic heterocycles. The van der Waals surface area contributed by atoms with Crippen LogP contribution in [0.25, 0.3) is 0 Å². The number of anilines is 1. The van der Waals surface area contributed by atoms with Gasteiger partial charge in [0, 0.05) is 29.3 Å². The van der Waals surface area contributed by atoms with E-state index >= 15 is 0 Å². The Kier molecular flexibility index (Phi) is 7.01. The van der Waals surface area contributed by atoms with E-state index in [4.69, 9.17) is 51.1 Å². The van der Waals surface area contributed by atoms with E-state index in [1.165, 1.54) is 19.1 Å². The van der Waals surface area contributed by atoms with Gasteiger partial charge in [-0.3, -0.25) is 9.59 Å². The molecule has 0 radical (unpaired) electrons. The second kappa shape index (κ2) is 8.82. The van der Waals surface area contributed by atoms with Gasteiger partial charge < -0.3 is 15.4 Å². The Morgan fingerprint density at radius 1 is 1.08 bits per heavy atom. The first kappa shape index (κ1) is 20.6. The van der Waals surface area contributed by atoms with Crippen LogP contribution in [0.15, 0.2) is 48.5 Å². The summed E-state index contributed by atoms with van der Waals surface area (Å²) >= 11 is 23.6. The maximum Gasteiger partial charge on any atom is 0.254 e. The van der Waals surface area contributed by atoms with Crippen LogP contribution in [0.4, 0.5) is 5.69 Å². The fraction of sp³-hybridized carbons (Fsp3) is 0.176. The van der Waals surface area contributed by atoms with Crippen LogP contribution in [-0.4, -0.2) is 21.8 Å². The van der Waals surface area contributed by atoms with Gasteiger partial charge in [0.1, 0.15) is 5.75 Å². The summed E-state index contributed by atoms with van der Waals surface area (Å²) in [6.45, 7) is 1.38. The van der Waals surface area contributed by atoms with Crippen LogP contribution in [0, 0.1) is 0 Å². The summed E-state index contributed by atoms with van der Waals surface area (Å²) in [5, 5.41) is 5.62. The van der Waals surface area contributed by atoms with Crippen molar-refractivity contribution in [2.24, 2.45) is 0 Å². The van der Waals surface area contributed by atoms with Gasteiger partial charge in [0.25, 0.3) is 5.91 Å². The van der Waals surface area contributed by atoms with Crippen LogP contribution >= 0.6 is 46.4 Å². The summed E-state index contributed by atoms with van der Waals surface area (Å²) in [6, 6.07) is 12.7. The van der Waals surface area contributed by atoms with Crippen LogP contribution in [0.5, 0.6) is 5.75 Å². The van der Waals surface area contributed by atoms with Crippen molar-refractivity contribution in [1.82, 2.24) is 5.32 Å².